The lowest BCUT2D eigenvalue weighted by atomic mass is 9.98. The summed E-state index contributed by atoms with van der Waals surface area (Å²) in [7, 11) is 0. The van der Waals surface area contributed by atoms with Crippen molar-refractivity contribution in [1.82, 2.24) is 4.98 Å². The van der Waals surface area contributed by atoms with E-state index in [9.17, 15) is 13.2 Å². The Balaban J connectivity index is 1.96. The Morgan fingerprint density at radius 3 is 2.25 bits per heavy atom. The van der Waals surface area contributed by atoms with Gasteiger partial charge in [0.2, 0.25) is 0 Å². The van der Waals surface area contributed by atoms with E-state index in [-0.39, 0.29) is 0 Å². The van der Waals surface area contributed by atoms with Crippen LogP contribution >= 0.6 is 0 Å². The molecular formula is C20H14F3N. The molecule has 1 nitrogen and oxygen atoms in total. The molecule has 4 aromatic rings. The predicted molar refractivity (Wildman–Crippen MR) is 91.0 cm³/mol. The topological polar surface area (TPSA) is 15.8 Å². The zero-order valence-corrected chi connectivity index (χ0v) is 12.9. The Morgan fingerprint density at radius 2 is 1.54 bits per heavy atom. The monoisotopic (exact) mass is 325 g/mol. The van der Waals surface area contributed by atoms with Crippen LogP contribution in [0.25, 0.3) is 32.9 Å². The Bertz CT molecular complexity index is 1040. The molecule has 0 aliphatic heterocycles. The highest BCUT2D eigenvalue weighted by Crippen LogP contribution is 2.36. The van der Waals surface area contributed by atoms with Crippen molar-refractivity contribution < 1.29 is 13.2 Å². The van der Waals surface area contributed by atoms with Gasteiger partial charge in [0.25, 0.3) is 0 Å². The summed E-state index contributed by atoms with van der Waals surface area (Å²) in [5, 5.41) is 2.20. The molecule has 0 saturated heterocycles. The minimum Gasteiger partial charge on any atom is -0.354 e. The lowest BCUT2D eigenvalue weighted by Crippen LogP contribution is -2.04. The van der Waals surface area contributed by atoms with Gasteiger partial charge in [-0.1, -0.05) is 30.3 Å². The van der Waals surface area contributed by atoms with Crippen molar-refractivity contribution >= 4 is 21.8 Å². The van der Waals surface area contributed by atoms with Crippen molar-refractivity contribution in [3.63, 3.8) is 0 Å². The van der Waals surface area contributed by atoms with Crippen molar-refractivity contribution in [3.8, 4) is 11.1 Å². The van der Waals surface area contributed by atoms with E-state index in [1.807, 2.05) is 37.3 Å². The Kier molecular flexibility index (Phi) is 3.17. The normalized spacial score (nSPS) is 12.2. The lowest BCUT2D eigenvalue weighted by molar-refractivity contribution is -0.137. The van der Waals surface area contributed by atoms with E-state index in [0.717, 1.165) is 50.6 Å². The largest absolute Gasteiger partial charge is 0.416 e. The van der Waals surface area contributed by atoms with Gasteiger partial charge < -0.3 is 4.98 Å². The Morgan fingerprint density at radius 1 is 0.833 bits per heavy atom. The molecule has 0 unspecified atom stereocenters. The van der Waals surface area contributed by atoms with Gasteiger partial charge in [0, 0.05) is 21.9 Å². The quantitative estimate of drug-likeness (QED) is 0.422. The summed E-state index contributed by atoms with van der Waals surface area (Å²) in [6.45, 7) is 1.99. The molecule has 0 spiro atoms. The third-order valence-corrected chi connectivity index (χ3v) is 4.28. The SMILES string of the molecule is Cc1cc(-c2ccc(C(F)(F)F)cc2)c2[nH]c3ccccc3c2c1. The fraction of sp³-hybridized carbons (Fsp3) is 0.100. The molecule has 0 radical (unpaired) electrons. The second-order valence-electron chi connectivity index (χ2n) is 5.98. The second kappa shape index (κ2) is 5.13. The van der Waals surface area contributed by atoms with Gasteiger partial charge in [-0.15, -0.1) is 0 Å². The summed E-state index contributed by atoms with van der Waals surface area (Å²) in [5.74, 6) is 0. The molecule has 120 valence electrons. The second-order valence-corrected chi connectivity index (χ2v) is 5.98. The molecule has 0 fully saturated rings. The smallest absolute Gasteiger partial charge is 0.354 e. The summed E-state index contributed by atoms with van der Waals surface area (Å²) in [4.78, 5) is 3.39. The molecular weight excluding hydrogens is 311 g/mol. The summed E-state index contributed by atoms with van der Waals surface area (Å²) >= 11 is 0. The first-order valence-corrected chi connectivity index (χ1v) is 7.62. The minimum absolute atomic E-state index is 0.633. The van der Waals surface area contributed by atoms with Crippen molar-refractivity contribution in [2.24, 2.45) is 0 Å². The number of para-hydroxylation sites is 1. The highest BCUT2D eigenvalue weighted by molar-refractivity contribution is 6.12. The van der Waals surface area contributed by atoms with Crippen molar-refractivity contribution in [3.05, 3.63) is 71.8 Å². The zero-order chi connectivity index (χ0) is 16.9. The molecule has 0 amide bonds. The molecule has 0 atom stereocenters. The van der Waals surface area contributed by atoms with Crippen LogP contribution in [0.2, 0.25) is 0 Å². The Labute approximate surface area is 136 Å². The van der Waals surface area contributed by atoms with Gasteiger partial charge in [-0.3, -0.25) is 0 Å². The number of aromatic amines is 1. The lowest BCUT2D eigenvalue weighted by Gasteiger charge is -2.09. The summed E-state index contributed by atoms with van der Waals surface area (Å²) in [6.07, 6.45) is -4.32. The molecule has 0 aliphatic rings. The van der Waals surface area contributed by atoms with E-state index >= 15 is 0 Å². The zero-order valence-electron chi connectivity index (χ0n) is 12.9. The van der Waals surface area contributed by atoms with Crippen LogP contribution in [0.3, 0.4) is 0 Å². The van der Waals surface area contributed by atoms with Gasteiger partial charge >= 0.3 is 6.18 Å². The van der Waals surface area contributed by atoms with Crippen LogP contribution < -0.4 is 0 Å². The van der Waals surface area contributed by atoms with Gasteiger partial charge in [0.1, 0.15) is 0 Å². The van der Waals surface area contributed by atoms with Crippen LogP contribution in [-0.2, 0) is 6.18 Å². The predicted octanol–water partition coefficient (Wildman–Crippen LogP) is 6.32. The van der Waals surface area contributed by atoms with Gasteiger partial charge in [0.15, 0.2) is 0 Å². The highest BCUT2D eigenvalue weighted by atomic mass is 19.4. The van der Waals surface area contributed by atoms with Crippen LogP contribution in [0.1, 0.15) is 11.1 Å². The van der Waals surface area contributed by atoms with Gasteiger partial charge in [-0.2, -0.15) is 13.2 Å². The number of alkyl halides is 3. The third-order valence-electron chi connectivity index (χ3n) is 4.28. The van der Waals surface area contributed by atoms with E-state index in [4.69, 9.17) is 0 Å². The number of benzene rings is 3. The number of aromatic nitrogens is 1. The number of H-pyrrole nitrogens is 1. The Hall–Kier alpha value is -2.75. The van der Waals surface area contributed by atoms with E-state index in [0.29, 0.717) is 0 Å². The van der Waals surface area contributed by atoms with E-state index < -0.39 is 11.7 Å². The van der Waals surface area contributed by atoms with E-state index in [1.165, 1.54) is 12.1 Å². The van der Waals surface area contributed by atoms with Crippen LogP contribution in [0, 0.1) is 6.92 Å². The molecule has 0 bridgehead atoms. The number of nitrogens with one attached hydrogen (secondary N) is 1. The summed E-state index contributed by atoms with van der Waals surface area (Å²) < 4.78 is 38.3. The maximum Gasteiger partial charge on any atom is 0.416 e. The number of rotatable bonds is 1. The van der Waals surface area contributed by atoms with Crippen LogP contribution in [0.4, 0.5) is 13.2 Å². The first-order chi connectivity index (χ1) is 11.4. The first-order valence-electron chi connectivity index (χ1n) is 7.62. The summed E-state index contributed by atoms with van der Waals surface area (Å²) in [6, 6.07) is 17.4. The maximum atomic E-state index is 12.8. The van der Waals surface area contributed by atoms with Gasteiger partial charge in [0.05, 0.1) is 11.1 Å². The van der Waals surface area contributed by atoms with Gasteiger partial charge in [-0.05, 0) is 48.4 Å². The van der Waals surface area contributed by atoms with Crippen molar-refractivity contribution in [2.45, 2.75) is 13.1 Å². The molecule has 0 aliphatic carbocycles. The minimum atomic E-state index is -4.32. The number of halogens is 3. The molecule has 1 heterocycles. The molecule has 4 rings (SSSR count). The molecule has 0 saturated carbocycles. The number of hydrogen-bond acceptors (Lipinski definition) is 0. The molecule has 4 heteroatoms. The average molecular weight is 325 g/mol. The standard InChI is InChI=1S/C20H14F3N/c1-12-10-16(13-6-8-14(9-7-13)20(21,22)23)19-17(11-12)15-4-2-3-5-18(15)24-19/h2-11,24H,1H3. The number of hydrogen-bond donors (Lipinski definition) is 1. The molecule has 1 N–H and O–H groups in total. The molecule has 24 heavy (non-hydrogen) atoms. The van der Waals surface area contributed by atoms with E-state index in [2.05, 4.69) is 11.1 Å². The average Bonchev–Trinajstić information content (AvgIpc) is 2.92. The number of aryl methyl sites for hydroxylation is 1. The summed E-state index contributed by atoms with van der Waals surface area (Å²) in [5.41, 5.74) is 4.08. The highest BCUT2D eigenvalue weighted by Gasteiger charge is 2.30. The van der Waals surface area contributed by atoms with Crippen LogP contribution in [0.15, 0.2) is 60.7 Å². The van der Waals surface area contributed by atoms with E-state index in [1.54, 1.807) is 0 Å². The van der Waals surface area contributed by atoms with Crippen LogP contribution in [-0.4, -0.2) is 4.98 Å². The molecule has 1 aromatic heterocycles. The van der Waals surface area contributed by atoms with Crippen molar-refractivity contribution in [2.75, 3.05) is 0 Å². The number of fused-ring (bicyclic) bond motifs is 3. The van der Waals surface area contributed by atoms with Crippen molar-refractivity contribution in [1.29, 1.82) is 0 Å². The fourth-order valence-corrected chi connectivity index (χ4v) is 3.16. The van der Waals surface area contributed by atoms with Crippen LogP contribution in [0.5, 0.6) is 0 Å². The van der Waals surface area contributed by atoms with Gasteiger partial charge in [-0.25, -0.2) is 0 Å². The maximum absolute atomic E-state index is 12.8. The fourth-order valence-electron chi connectivity index (χ4n) is 3.16. The third kappa shape index (κ3) is 2.35. The first kappa shape index (κ1) is 14.8. The molecule has 3 aromatic carbocycles.